The van der Waals surface area contributed by atoms with Gasteiger partial charge in [-0.3, -0.25) is 20.2 Å². The molecule has 3 aromatic carbocycles. The maximum absolute atomic E-state index is 12.8. The fourth-order valence-electron chi connectivity index (χ4n) is 2.72. The normalized spacial score (nSPS) is 9.83. The van der Waals surface area contributed by atoms with Gasteiger partial charge in [0.05, 0.1) is 35.2 Å². The van der Waals surface area contributed by atoms with Crippen LogP contribution in [-0.4, -0.2) is 36.0 Å². The average Bonchev–Trinajstić information content (AvgIpc) is 2.85. The van der Waals surface area contributed by atoms with Gasteiger partial charge in [-0.15, -0.1) is 0 Å². The number of hydrogen-bond donors (Lipinski definition) is 1. The van der Waals surface area contributed by atoms with Gasteiger partial charge in [0.15, 0.2) is 0 Å². The van der Waals surface area contributed by atoms with Gasteiger partial charge in [0.25, 0.3) is 5.69 Å². The molecule has 0 aromatic heterocycles. The first-order chi connectivity index (χ1) is 16.6. The van der Waals surface area contributed by atoms with Gasteiger partial charge in [0.2, 0.25) is 5.82 Å². The van der Waals surface area contributed by atoms with E-state index < -0.39 is 33.3 Å². The van der Waals surface area contributed by atoms with Crippen molar-refractivity contribution in [3.63, 3.8) is 0 Å². The number of ether oxygens (including phenoxy) is 2. The van der Waals surface area contributed by atoms with Crippen LogP contribution < -0.4 is 5.32 Å². The third-order valence-corrected chi connectivity index (χ3v) is 4.51. The molecule has 0 amide bonds. The maximum Gasteiger partial charge on any atom is 0.338 e. The van der Waals surface area contributed by atoms with Crippen LogP contribution in [0.25, 0.3) is 0 Å². The highest BCUT2D eigenvalue weighted by atomic mass is 19.1. The summed E-state index contributed by atoms with van der Waals surface area (Å²) >= 11 is 0. The van der Waals surface area contributed by atoms with E-state index in [1.54, 1.807) is 0 Å². The summed E-state index contributed by atoms with van der Waals surface area (Å²) in [6.07, 6.45) is 0. The van der Waals surface area contributed by atoms with Crippen LogP contribution in [0.2, 0.25) is 0 Å². The minimum atomic E-state index is -0.984. The molecular weight excluding hydrogens is 465 g/mol. The monoisotopic (exact) mass is 485 g/mol. The number of carbonyl (C=O) groups is 2. The van der Waals surface area contributed by atoms with E-state index in [0.717, 1.165) is 36.6 Å². The summed E-state index contributed by atoms with van der Waals surface area (Å²) in [6, 6.07) is 14.4. The minimum Gasteiger partial charge on any atom is -0.465 e. The maximum atomic E-state index is 12.8. The summed E-state index contributed by atoms with van der Waals surface area (Å²) in [6.45, 7) is 1.96. The van der Waals surface area contributed by atoms with Gasteiger partial charge in [0, 0.05) is 17.8 Å². The zero-order valence-corrected chi connectivity index (χ0v) is 18.8. The molecule has 1 N–H and O–H groups in total. The van der Waals surface area contributed by atoms with Gasteiger partial charge in [0.1, 0.15) is 5.69 Å². The Morgan fingerprint density at radius 3 is 1.77 bits per heavy atom. The topological polar surface area (TPSA) is 151 Å². The molecule has 0 fully saturated rings. The lowest BCUT2D eigenvalue weighted by Gasteiger charge is -2.08. The Labute approximate surface area is 198 Å². The predicted molar refractivity (Wildman–Crippen MR) is 123 cm³/mol. The number of anilines is 2. The smallest absolute Gasteiger partial charge is 0.338 e. The molecule has 0 saturated heterocycles. The molecule has 11 nitrogen and oxygen atoms in total. The Kier molecular flexibility index (Phi) is 8.92. The Morgan fingerprint density at radius 1 is 0.800 bits per heavy atom. The second kappa shape index (κ2) is 11.8. The van der Waals surface area contributed by atoms with Crippen molar-refractivity contribution >= 4 is 34.7 Å². The third kappa shape index (κ3) is 7.05. The van der Waals surface area contributed by atoms with E-state index in [4.69, 9.17) is 0 Å². The van der Waals surface area contributed by atoms with Crippen molar-refractivity contribution in [3.05, 3.63) is 103 Å². The Bertz CT molecular complexity index is 1260. The van der Waals surface area contributed by atoms with Crippen LogP contribution >= 0.6 is 0 Å². The van der Waals surface area contributed by atoms with Crippen molar-refractivity contribution in [1.29, 1.82) is 0 Å². The van der Waals surface area contributed by atoms with E-state index in [-0.39, 0.29) is 16.8 Å². The zero-order chi connectivity index (χ0) is 26.1. The zero-order valence-electron chi connectivity index (χ0n) is 18.8. The summed E-state index contributed by atoms with van der Waals surface area (Å²) in [5.74, 6) is -2.34. The number of aryl methyl sites for hydroxylation is 1. The van der Waals surface area contributed by atoms with Gasteiger partial charge >= 0.3 is 17.6 Å². The lowest BCUT2D eigenvalue weighted by Crippen LogP contribution is -2.04. The molecular formula is C23H20FN3O8. The van der Waals surface area contributed by atoms with Crippen LogP contribution in [-0.2, 0) is 9.47 Å². The van der Waals surface area contributed by atoms with Gasteiger partial charge in [-0.05, 0) is 43.3 Å². The molecule has 0 aliphatic heterocycles. The van der Waals surface area contributed by atoms with E-state index in [0.29, 0.717) is 5.69 Å². The van der Waals surface area contributed by atoms with Crippen LogP contribution in [0.15, 0.2) is 60.7 Å². The highest BCUT2D eigenvalue weighted by Gasteiger charge is 2.19. The number of nitrogens with one attached hydrogen (secondary N) is 1. The van der Waals surface area contributed by atoms with Crippen molar-refractivity contribution in [1.82, 2.24) is 0 Å². The summed E-state index contributed by atoms with van der Waals surface area (Å²) in [5.41, 5.74) is 1.30. The molecule has 0 unspecified atom stereocenters. The number of methoxy groups -OCH3 is 2. The van der Waals surface area contributed by atoms with Gasteiger partial charge < -0.3 is 14.8 Å². The molecule has 0 heterocycles. The molecule has 0 aliphatic carbocycles. The first kappa shape index (κ1) is 26.4. The van der Waals surface area contributed by atoms with Crippen LogP contribution in [0.1, 0.15) is 26.3 Å². The fourth-order valence-corrected chi connectivity index (χ4v) is 2.72. The highest BCUT2D eigenvalue weighted by Crippen LogP contribution is 2.29. The van der Waals surface area contributed by atoms with Crippen LogP contribution in [0.4, 0.5) is 27.1 Å². The molecule has 3 aromatic rings. The van der Waals surface area contributed by atoms with Crippen molar-refractivity contribution in [3.8, 4) is 0 Å². The largest absolute Gasteiger partial charge is 0.465 e. The number of esters is 2. The molecule has 0 bridgehead atoms. The number of rotatable bonds is 6. The van der Waals surface area contributed by atoms with Crippen LogP contribution in [0, 0.1) is 33.0 Å². The summed E-state index contributed by atoms with van der Waals surface area (Å²) in [7, 11) is 2.37. The van der Waals surface area contributed by atoms with Crippen molar-refractivity contribution in [2.45, 2.75) is 6.92 Å². The second-order valence-corrected chi connectivity index (χ2v) is 6.89. The van der Waals surface area contributed by atoms with Crippen molar-refractivity contribution in [2.24, 2.45) is 0 Å². The number of nitro benzene ring substituents is 2. The number of hydrogen-bond acceptors (Lipinski definition) is 9. The SMILES string of the molecule is COC(=O)c1ccc(F)c([N+](=O)[O-])c1.COC(=O)c1ccc(Nc2ccc(C)cc2)c([N+](=O)[O-])c1. The van der Waals surface area contributed by atoms with E-state index >= 15 is 0 Å². The fraction of sp³-hybridized carbons (Fsp3) is 0.130. The lowest BCUT2D eigenvalue weighted by atomic mass is 10.1. The van der Waals surface area contributed by atoms with E-state index in [2.05, 4.69) is 14.8 Å². The standard InChI is InChI=1S/C15H14N2O4.C8H6FNO4/c1-10-3-6-12(7-4-10)16-13-8-5-11(15(18)21-2)9-14(13)17(19)20;1-14-8(11)5-2-3-6(9)7(4-5)10(12)13/h3-9,16H,1-2H3;2-4H,1H3. The Balaban J connectivity index is 0.000000269. The van der Waals surface area contributed by atoms with Crippen LogP contribution in [0.5, 0.6) is 0 Å². The van der Waals surface area contributed by atoms with Crippen molar-refractivity contribution in [2.75, 3.05) is 19.5 Å². The molecule has 0 spiro atoms. The Morgan fingerprint density at radius 2 is 1.29 bits per heavy atom. The summed E-state index contributed by atoms with van der Waals surface area (Å²) in [5, 5.41) is 24.4. The Hall–Kier alpha value is -4.87. The quantitative estimate of drug-likeness (QED) is 0.290. The molecule has 0 saturated carbocycles. The number of nitro groups is 2. The molecule has 0 atom stereocenters. The second-order valence-electron chi connectivity index (χ2n) is 6.89. The molecule has 3 rings (SSSR count). The van der Waals surface area contributed by atoms with Crippen LogP contribution in [0.3, 0.4) is 0 Å². The van der Waals surface area contributed by atoms with E-state index in [9.17, 15) is 34.2 Å². The number of benzene rings is 3. The summed E-state index contributed by atoms with van der Waals surface area (Å²) < 4.78 is 21.7. The average molecular weight is 485 g/mol. The minimum absolute atomic E-state index is 0.0550. The lowest BCUT2D eigenvalue weighted by molar-refractivity contribution is -0.387. The number of halogens is 1. The molecule has 35 heavy (non-hydrogen) atoms. The summed E-state index contributed by atoms with van der Waals surface area (Å²) in [4.78, 5) is 42.4. The van der Waals surface area contributed by atoms with E-state index in [1.807, 2.05) is 31.2 Å². The van der Waals surface area contributed by atoms with Gasteiger partial charge in [-0.2, -0.15) is 4.39 Å². The first-order valence-corrected chi connectivity index (χ1v) is 9.80. The molecule has 182 valence electrons. The molecule has 0 radical (unpaired) electrons. The molecule has 0 aliphatic rings. The number of carbonyl (C=O) groups excluding carboxylic acids is 2. The van der Waals surface area contributed by atoms with Crippen molar-refractivity contribution < 1.29 is 33.3 Å². The highest BCUT2D eigenvalue weighted by molar-refractivity contribution is 5.91. The predicted octanol–water partition coefficient (Wildman–Crippen LogP) is 4.95. The first-order valence-electron chi connectivity index (χ1n) is 9.80. The van der Waals surface area contributed by atoms with Gasteiger partial charge in [-0.25, -0.2) is 9.59 Å². The molecule has 12 heteroatoms. The van der Waals surface area contributed by atoms with E-state index in [1.165, 1.54) is 25.3 Å². The number of nitrogens with zero attached hydrogens (tertiary/aromatic N) is 2. The third-order valence-electron chi connectivity index (χ3n) is 4.51. The van der Waals surface area contributed by atoms with Gasteiger partial charge in [-0.1, -0.05) is 17.7 Å².